The fourth-order valence-electron chi connectivity index (χ4n) is 1.24. The highest BCUT2D eigenvalue weighted by Gasteiger charge is 2.16. The molecule has 74 valence electrons. The van der Waals surface area contributed by atoms with Crippen molar-refractivity contribution in [3.05, 3.63) is 28.2 Å². The summed E-state index contributed by atoms with van der Waals surface area (Å²) in [5, 5.41) is 0. The highest BCUT2D eigenvalue weighted by molar-refractivity contribution is 9.10. The Morgan fingerprint density at radius 1 is 1.36 bits per heavy atom. The third kappa shape index (κ3) is 1.50. The molecule has 0 atom stereocenters. The SMILES string of the molecule is Fc1nc2c(C(F)F)cc(Br)cc2[nH]1. The van der Waals surface area contributed by atoms with Gasteiger partial charge in [0.1, 0.15) is 5.52 Å². The topological polar surface area (TPSA) is 28.7 Å². The number of hydrogen-bond acceptors (Lipinski definition) is 1. The fraction of sp³-hybridized carbons (Fsp3) is 0.125. The number of imidazole rings is 1. The predicted octanol–water partition coefficient (Wildman–Crippen LogP) is 3.40. The highest BCUT2D eigenvalue weighted by Crippen LogP contribution is 2.29. The van der Waals surface area contributed by atoms with Gasteiger partial charge in [-0.15, -0.1) is 0 Å². The first-order valence-corrected chi connectivity index (χ1v) is 4.50. The summed E-state index contributed by atoms with van der Waals surface area (Å²) < 4.78 is 38.1. The van der Waals surface area contributed by atoms with Gasteiger partial charge in [0.05, 0.1) is 5.52 Å². The van der Waals surface area contributed by atoms with Crippen molar-refractivity contribution in [2.45, 2.75) is 6.43 Å². The average Bonchev–Trinajstić information content (AvgIpc) is 2.42. The molecule has 1 aromatic heterocycles. The summed E-state index contributed by atoms with van der Waals surface area (Å²) in [5.41, 5.74) is -0.0533. The van der Waals surface area contributed by atoms with E-state index in [4.69, 9.17) is 0 Å². The Balaban J connectivity index is 2.79. The van der Waals surface area contributed by atoms with E-state index in [0.29, 0.717) is 4.47 Å². The van der Waals surface area contributed by atoms with Gasteiger partial charge in [-0.1, -0.05) is 15.9 Å². The molecule has 0 fully saturated rings. The van der Waals surface area contributed by atoms with Gasteiger partial charge in [-0.3, -0.25) is 0 Å². The number of hydrogen-bond donors (Lipinski definition) is 1. The van der Waals surface area contributed by atoms with Gasteiger partial charge in [-0.2, -0.15) is 4.39 Å². The number of aromatic amines is 1. The van der Waals surface area contributed by atoms with Crippen LogP contribution >= 0.6 is 15.9 Å². The van der Waals surface area contributed by atoms with Gasteiger partial charge in [0.25, 0.3) is 12.5 Å². The van der Waals surface area contributed by atoms with Crippen LogP contribution < -0.4 is 0 Å². The molecule has 2 nitrogen and oxygen atoms in total. The first kappa shape index (κ1) is 9.51. The standard InChI is InChI=1S/C8H4BrF3N2/c9-3-1-4(7(10)11)6-5(2-3)13-8(12)14-6/h1-2,7H,(H,13,14). The summed E-state index contributed by atoms with van der Waals surface area (Å²) >= 11 is 3.06. The Morgan fingerprint density at radius 2 is 2.07 bits per heavy atom. The van der Waals surface area contributed by atoms with Crippen molar-refractivity contribution < 1.29 is 13.2 Å². The maximum atomic E-state index is 12.7. The summed E-state index contributed by atoms with van der Waals surface area (Å²) in [7, 11) is 0. The molecule has 1 aromatic carbocycles. The van der Waals surface area contributed by atoms with Gasteiger partial charge in [0, 0.05) is 10.0 Å². The molecule has 0 spiro atoms. The third-order valence-corrected chi connectivity index (χ3v) is 2.24. The summed E-state index contributed by atoms with van der Waals surface area (Å²) in [6, 6.07) is 2.73. The number of nitrogens with zero attached hydrogens (tertiary/aromatic N) is 1. The number of rotatable bonds is 1. The molecule has 14 heavy (non-hydrogen) atoms. The van der Waals surface area contributed by atoms with Gasteiger partial charge < -0.3 is 4.98 Å². The van der Waals surface area contributed by atoms with Gasteiger partial charge >= 0.3 is 0 Å². The second-order valence-electron chi connectivity index (χ2n) is 2.72. The van der Waals surface area contributed by atoms with Gasteiger partial charge in [-0.05, 0) is 12.1 Å². The number of benzene rings is 1. The zero-order valence-electron chi connectivity index (χ0n) is 6.69. The smallest absolute Gasteiger partial charge is 0.287 e. The molecule has 1 heterocycles. The number of aromatic nitrogens is 2. The van der Waals surface area contributed by atoms with E-state index in [2.05, 4.69) is 25.9 Å². The molecule has 6 heteroatoms. The van der Waals surface area contributed by atoms with Gasteiger partial charge in [0.15, 0.2) is 0 Å². The van der Waals surface area contributed by atoms with Crippen molar-refractivity contribution in [2.75, 3.05) is 0 Å². The van der Waals surface area contributed by atoms with Crippen LogP contribution in [-0.2, 0) is 0 Å². The highest BCUT2D eigenvalue weighted by atomic mass is 79.9. The van der Waals surface area contributed by atoms with Gasteiger partial charge in [0.2, 0.25) is 0 Å². The monoisotopic (exact) mass is 264 g/mol. The lowest BCUT2D eigenvalue weighted by Gasteiger charge is -2.00. The van der Waals surface area contributed by atoms with Crippen molar-refractivity contribution >= 4 is 27.0 Å². The molecule has 0 amide bonds. The lowest BCUT2D eigenvalue weighted by Crippen LogP contribution is -1.86. The lowest BCUT2D eigenvalue weighted by atomic mass is 10.2. The first-order chi connectivity index (χ1) is 6.58. The molecule has 0 radical (unpaired) electrons. The quantitative estimate of drug-likeness (QED) is 0.841. The Morgan fingerprint density at radius 3 is 2.71 bits per heavy atom. The Bertz CT molecular complexity index is 481. The molecule has 1 N–H and O–H groups in total. The lowest BCUT2D eigenvalue weighted by molar-refractivity contribution is 0.153. The molecule has 0 unspecified atom stereocenters. The maximum absolute atomic E-state index is 12.7. The molecule has 0 bridgehead atoms. The largest absolute Gasteiger partial charge is 0.314 e. The van der Waals surface area contributed by atoms with Crippen LogP contribution in [0.1, 0.15) is 12.0 Å². The first-order valence-electron chi connectivity index (χ1n) is 3.70. The van der Waals surface area contributed by atoms with Crippen LogP contribution in [0.5, 0.6) is 0 Å². The molecule has 2 rings (SSSR count). The third-order valence-electron chi connectivity index (χ3n) is 1.79. The molecule has 0 aliphatic heterocycles. The molecular formula is C8H4BrF3N2. The maximum Gasteiger partial charge on any atom is 0.287 e. The molecule has 0 saturated heterocycles. The van der Waals surface area contributed by atoms with Crippen molar-refractivity contribution in [1.29, 1.82) is 0 Å². The Labute approximate surface area is 85.3 Å². The summed E-state index contributed by atoms with van der Waals surface area (Å²) in [4.78, 5) is 5.61. The molecular weight excluding hydrogens is 261 g/mol. The average molecular weight is 265 g/mol. The minimum absolute atomic E-state index is 0.0271. The van der Waals surface area contributed by atoms with E-state index in [0.717, 1.165) is 0 Å². The molecule has 0 aliphatic carbocycles. The van der Waals surface area contributed by atoms with Crippen LogP contribution in [0.15, 0.2) is 16.6 Å². The van der Waals surface area contributed by atoms with E-state index < -0.39 is 12.5 Å². The second kappa shape index (κ2) is 3.27. The zero-order chi connectivity index (χ0) is 10.3. The minimum atomic E-state index is -2.67. The molecule has 0 saturated carbocycles. The number of halogens is 4. The van der Waals surface area contributed by atoms with Crippen LogP contribution in [0.25, 0.3) is 11.0 Å². The summed E-state index contributed by atoms with van der Waals surface area (Å²) in [6.07, 6.45) is -3.53. The van der Waals surface area contributed by atoms with Crippen molar-refractivity contribution in [2.24, 2.45) is 0 Å². The Hall–Kier alpha value is -1.04. The van der Waals surface area contributed by atoms with Crippen LogP contribution in [0.4, 0.5) is 13.2 Å². The number of alkyl halides is 2. The van der Waals surface area contributed by atoms with Crippen LogP contribution in [-0.4, -0.2) is 9.97 Å². The van der Waals surface area contributed by atoms with Crippen molar-refractivity contribution in [3.63, 3.8) is 0 Å². The Kier molecular flexibility index (Phi) is 2.22. The van der Waals surface area contributed by atoms with Crippen molar-refractivity contribution in [1.82, 2.24) is 9.97 Å². The van der Waals surface area contributed by atoms with Crippen LogP contribution in [0.2, 0.25) is 0 Å². The number of H-pyrrole nitrogens is 1. The normalized spacial score (nSPS) is 11.5. The van der Waals surface area contributed by atoms with E-state index in [1.807, 2.05) is 0 Å². The number of nitrogens with one attached hydrogen (secondary N) is 1. The van der Waals surface area contributed by atoms with E-state index >= 15 is 0 Å². The molecule has 2 aromatic rings. The molecule has 0 aliphatic rings. The second-order valence-corrected chi connectivity index (χ2v) is 3.64. The van der Waals surface area contributed by atoms with E-state index in [1.54, 1.807) is 0 Å². The van der Waals surface area contributed by atoms with Crippen LogP contribution in [0, 0.1) is 6.08 Å². The van der Waals surface area contributed by atoms with Crippen LogP contribution in [0.3, 0.4) is 0 Å². The zero-order valence-corrected chi connectivity index (χ0v) is 8.28. The van der Waals surface area contributed by atoms with Gasteiger partial charge in [-0.25, -0.2) is 13.8 Å². The number of fused-ring (bicyclic) bond motifs is 1. The fourth-order valence-corrected chi connectivity index (χ4v) is 1.72. The predicted molar refractivity (Wildman–Crippen MR) is 48.7 cm³/mol. The van der Waals surface area contributed by atoms with E-state index in [1.165, 1.54) is 12.1 Å². The van der Waals surface area contributed by atoms with E-state index in [-0.39, 0.29) is 16.6 Å². The minimum Gasteiger partial charge on any atom is -0.314 e. The summed E-state index contributed by atoms with van der Waals surface area (Å²) in [6.45, 7) is 0. The van der Waals surface area contributed by atoms with E-state index in [9.17, 15) is 13.2 Å². The summed E-state index contributed by atoms with van der Waals surface area (Å²) in [5.74, 6) is 0. The van der Waals surface area contributed by atoms with Crippen molar-refractivity contribution in [3.8, 4) is 0 Å².